The van der Waals surface area contributed by atoms with Crippen molar-refractivity contribution in [3.05, 3.63) is 41.6 Å². The van der Waals surface area contributed by atoms with E-state index in [1.54, 1.807) is 6.20 Å². The van der Waals surface area contributed by atoms with Crippen molar-refractivity contribution >= 4 is 10.9 Å². The van der Waals surface area contributed by atoms with Crippen LogP contribution in [0.4, 0.5) is 0 Å². The Hall–Kier alpha value is -1.49. The summed E-state index contributed by atoms with van der Waals surface area (Å²) in [5.41, 5.74) is 3.39. The summed E-state index contributed by atoms with van der Waals surface area (Å²) >= 11 is 0. The van der Waals surface area contributed by atoms with E-state index in [4.69, 9.17) is 0 Å². The predicted molar refractivity (Wildman–Crippen MR) is 73.8 cm³/mol. The Morgan fingerprint density at radius 2 is 1.95 bits per heavy atom. The number of aromatic nitrogens is 1. The monoisotopic (exact) mass is 258 g/mol. The van der Waals surface area contributed by atoms with E-state index in [2.05, 4.69) is 35.0 Å². The van der Waals surface area contributed by atoms with Gasteiger partial charge in [-0.15, -0.1) is 0 Å². The van der Waals surface area contributed by atoms with Gasteiger partial charge in [-0.05, 0) is 24.1 Å². The van der Waals surface area contributed by atoms with Gasteiger partial charge in [-0.1, -0.05) is 18.2 Å². The first-order valence-electron chi connectivity index (χ1n) is 6.57. The van der Waals surface area contributed by atoms with Crippen LogP contribution in [-0.2, 0) is 6.54 Å². The first-order chi connectivity index (χ1) is 9.15. The highest BCUT2D eigenvalue weighted by Crippen LogP contribution is 2.23. The number of benzene rings is 1. The van der Waals surface area contributed by atoms with Crippen LogP contribution in [0.3, 0.4) is 0 Å². The number of fused-ring (bicyclic) bond motifs is 1. The summed E-state index contributed by atoms with van der Waals surface area (Å²) in [6.07, 6.45) is 0.533. The maximum atomic E-state index is 9.62. The minimum Gasteiger partial charge on any atom is -0.389 e. The zero-order chi connectivity index (χ0) is 13.4. The van der Waals surface area contributed by atoms with Crippen LogP contribution >= 0.6 is 0 Å². The van der Waals surface area contributed by atoms with E-state index in [0.29, 0.717) is 19.6 Å². The first-order valence-corrected chi connectivity index (χ1v) is 6.57. The van der Waals surface area contributed by atoms with Crippen molar-refractivity contribution in [1.82, 2.24) is 9.88 Å². The second-order valence-corrected chi connectivity index (χ2v) is 5.26. The molecule has 19 heavy (non-hydrogen) atoms. The van der Waals surface area contributed by atoms with E-state index >= 15 is 0 Å². The van der Waals surface area contributed by atoms with Crippen LogP contribution in [0.15, 0.2) is 30.5 Å². The van der Waals surface area contributed by atoms with Gasteiger partial charge in [0.05, 0.1) is 17.7 Å². The number of likely N-dealkylation sites (tertiary alicyclic amines) is 1. The van der Waals surface area contributed by atoms with Gasteiger partial charge >= 0.3 is 0 Å². The summed E-state index contributed by atoms with van der Waals surface area (Å²) in [7, 11) is 0. The van der Waals surface area contributed by atoms with Crippen molar-refractivity contribution in [2.75, 3.05) is 13.1 Å². The molecule has 2 heterocycles. The van der Waals surface area contributed by atoms with Crippen LogP contribution in [0.25, 0.3) is 10.9 Å². The van der Waals surface area contributed by atoms with Crippen molar-refractivity contribution < 1.29 is 10.2 Å². The molecule has 4 heteroatoms. The average molecular weight is 258 g/mol. The fraction of sp³-hybridized carbons (Fsp3) is 0.400. The van der Waals surface area contributed by atoms with Crippen LogP contribution in [-0.4, -0.2) is 45.4 Å². The molecule has 0 radical (unpaired) electrons. The van der Waals surface area contributed by atoms with Gasteiger partial charge in [-0.3, -0.25) is 9.88 Å². The van der Waals surface area contributed by atoms with Gasteiger partial charge < -0.3 is 10.2 Å². The number of nitrogens with zero attached hydrogens (tertiary/aromatic N) is 2. The molecule has 1 aliphatic rings. The number of β-amino-alcohol motifs (C(OH)–C–C–N with tert-alkyl or cyclic N) is 2. The Labute approximate surface area is 112 Å². The summed E-state index contributed by atoms with van der Waals surface area (Å²) in [5.74, 6) is 0. The molecule has 3 rings (SSSR count). The second kappa shape index (κ2) is 4.89. The Bertz CT molecular complexity index is 590. The highest BCUT2D eigenvalue weighted by atomic mass is 16.3. The van der Waals surface area contributed by atoms with E-state index in [-0.39, 0.29) is 0 Å². The van der Waals surface area contributed by atoms with Crippen molar-refractivity contribution in [3.63, 3.8) is 0 Å². The van der Waals surface area contributed by atoms with Gasteiger partial charge in [0, 0.05) is 31.2 Å². The molecule has 0 bridgehead atoms. The Kier molecular flexibility index (Phi) is 3.22. The summed E-state index contributed by atoms with van der Waals surface area (Å²) in [6.45, 7) is 3.83. The quantitative estimate of drug-likeness (QED) is 0.846. The maximum Gasteiger partial charge on any atom is 0.0938 e. The Morgan fingerprint density at radius 1 is 1.21 bits per heavy atom. The molecule has 1 aromatic heterocycles. The number of aliphatic hydroxyl groups is 2. The van der Waals surface area contributed by atoms with E-state index < -0.39 is 12.2 Å². The lowest BCUT2D eigenvalue weighted by Gasteiger charge is -2.17. The van der Waals surface area contributed by atoms with Crippen LogP contribution in [0.1, 0.15) is 11.1 Å². The Morgan fingerprint density at radius 3 is 2.68 bits per heavy atom. The topological polar surface area (TPSA) is 56.6 Å². The van der Waals surface area contributed by atoms with Crippen molar-refractivity contribution in [2.45, 2.75) is 25.7 Å². The highest BCUT2D eigenvalue weighted by molar-refractivity contribution is 5.82. The van der Waals surface area contributed by atoms with Gasteiger partial charge in [0.15, 0.2) is 0 Å². The predicted octanol–water partition coefficient (Wildman–Crippen LogP) is 1.08. The number of aliphatic hydroxyl groups excluding tert-OH is 2. The molecule has 0 amide bonds. The minimum atomic E-state index is -0.636. The zero-order valence-electron chi connectivity index (χ0n) is 11.0. The molecule has 2 N–H and O–H groups in total. The molecule has 1 fully saturated rings. The largest absolute Gasteiger partial charge is 0.389 e. The maximum absolute atomic E-state index is 9.62. The molecule has 1 saturated heterocycles. The lowest BCUT2D eigenvalue weighted by atomic mass is 10.0. The standard InChI is InChI=1S/C15H18N2O2/c1-10-4-5-11-3-2-6-16-15(11)12(10)7-17-8-13(18)14(19)9-17/h2-6,13-14,18-19H,7-9H2,1H3/t13-,14-/m1/s1. The number of pyridine rings is 1. The molecule has 2 atom stereocenters. The average Bonchev–Trinajstić information content (AvgIpc) is 2.72. The molecule has 100 valence electrons. The van der Waals surface area contributed by atoms with Crippen LogP contribution in [0, 0.1) is 6.92 Å². The van der Waals surface area contributed by atoms with E-state index in [0.717, 1.165) is 10.9 Å². The molecule has 2 aromatic rings. The van der Waals surface area contributed by atoms with E-state index in [9.17, 15) is 10.2 Å². The van der Waals surface area contributed by atoms with E-state index in [1.807, 2.05) is 6.07 Å². The molecule has 1 aromatic carbocycles. The molecule has 0 saturated carbocycles. The number of rotatable bonds is 2. The summed E-state index contributed by atoms with van der Waals surface area (Å²) in [4.78, 5) is 6.55. The lowest BCUT2D eigenvalue weighted by molar-refractivity contribution is 0.0572. The summed E-state index contributed by atoms with van der Waals surface area (Å²) in [5, 5.41) is 20.4. The van der Waals surface area contributed by atoms with Crippen molar-refractivity contribution in [3.8, 4) is 0 Å². The van der Waals surface area contributed by atoms with Crippen molar-refractivity contribution in [1.29, 1.82) is 0 Å². The number of aryl methyl sites for hydroxylation is 1. The smallest absolute Gasteiger partial charge is 0.0938 e. The molecule has 0 aliphatic carbocycles. The molecule has 0 spiro atoms. The van der Waals surface area contributed by atoms with Crippen LogP contribution < -0.4 is 0 Å². The summed E-state index contributed by atoms with van der Waals surface area (Å²) in [6, 6.07) is 8.17. The van der Waals surface area contributed by atoms with Gasteiger partial charge in [0.25, 0.3) is 0 Å². The fourth-order valence-electron chi connectivity index (χ4n) is 2.71. The molecular formula is C15H18N2O2. The van der Waals surface area contributed by atoms with Gasteiger partial charge in [0.1, 0.15) is 0 Å². The Balaban J connectivity index is 1.94. The third-order valence-corrected chi connectivity index (χ3v) is 3.83. The molecule has 4 nitrogen and oxygen atoms in total. The first kappa shape index (κ1) is 12.5. The van der Waals surface area contributed by atoms with Gasteiger partial charge in [-0.2, -0.15) is 0 Å². The van der Waals surface area contributed by atoms with E-state index in [1.165, 1.54) is 11.1 Å². The fourth-order valence-corrected chi connectivity index (χ4v) is 2.71. The third-order valence-electron chi connectivity index (χ3n) is 3.83. The molecular weight excluding hydrogens is 240 g/mol. The second-order valence-electron chi connectivity index (χ2n) is 5.26. The molecule has 0 unspecified atom stereocenters. The van der Waals surface area contributed by atoms with Crippen LogP contribution in [0.5, 0.6) is 0 Å². The minimum absolute atomic E-state index is 0.518. The normalized spacial score (nSPS) is 24.2. The van der Waals surface area contributed by atoms with Gasteiger partial charge in [-0.25, -0.2) is 0 Å². The lowest BCUT2D eigenvalue weighted by Crippen LogP contribution is -2.22. The molecule has 1 aliphatic heterocycles. The summed E-state index contributed by atoms with van der Waals surface area (Å²) < 4.78 is 0. The highest BCUT2D eigenvalue weighted by Gasteiger charge is 2.29. The number of hydrogen-bond donors (Lipinski definition) is 2. The number of hydrogen-bond acceptors (Lipinski definition) is 4. The zero-order valence-corrected chi connectivity index (χ0v) is 11.0. The van der Waals surface area contributed by atoms with Crippen LogP contribution in [0.2, 0.25) is 0 Å². The SMILES string of the molecule is Cc1ccc2cccnc2c1CN1C[C@@H](O)[C@H](O)C1. The van der Waals surface area contributed by atoms with Crippen molar-refractivity contribution in [2.24, 2.45) is 0 Å². The third kappa shape index (κ3) is 2.34. The van der Waals surface area contributed by atoms with Gasteiger partial charge in [0.2, 0.25) is 0 Å².